The summed E-state index contributed by atoms with van der Waals surface area (Å²) >= 11 is 0. The number of hydrogen-bond acceptors (Lipinski definition) is 4. The third-order valence-electron chi connectivity index (χ3n) is 3.09. The van der Waals surface area contributed by atoms with E-state index in [9.17, 15) is 4.79 Å². The van der Waals surface area contributed by atoms with Crippen molar-refractivity contribution >= 4 is 23.0 Å². The molecule has 0 N–H and O–H groups in total. The zero-order valence-electron chi connectivity index (χ0n) is 12.7. The first-order valence-electron chi connectivity index (χ1n) is 7.03. The Balaban J connectivity index is 2.54. The number of esters is 1. The first kappa shape index (κ1) is 15.7. The minimum Gasteiger partial charge on any atom is -0.462 e. The molecule has 0 atom stereocenters. The van der Waals surface area contributed by atoms with Crippen molar-refractivity contribution in [2.24, 2.45) is 5.11 Å². The Kier molecular flexibility index (Phi) is 4.86. The van der Waals surface area contributed by atoms with Crippen molar-refractivity contribution in [2.45, 2.75) is 26.7 Å². The molecule has 0 bridgehead atoms. The molecule has 0 aliphatic heterocycles. The van der Waals surface area contributed by atoms with Crippen LogP contribution in [0.4, 0.5) is 0 Å². The summed E-state index contributed by atoms with van der Waals surface area (Å²) in [4.78, 5) is 14.5. The fourth-order valence-corrected chi connectivity index (χ4v) is 2.03. The van der Waals surface area contributed by atoms with E-state index in [1.165, 1.54) is 6.08 Å². The van der Waals surface area contributed by atoms with Gasteiger partial charge in [0, 0.05) is 21.8 Å². The fourth-order valence-electron chi connectivity index (χ4n) is 2.03. The van der Waals surface area contributed by atoms with Crippen molar-refractivity contribution in [2.75, 3.05) is 6.61 Å². The van der Waals surface area contributed by atoms with Gasteiger partial charge < -0.3 is 9.15 Å². The summed E-state index contributed by atoms with van der Waals surface area (Å²) in [6.45, 7) is 5.97. The van der Waals surface area contributed by atoms with Crippen LogP contribution >= 0.6 is 0 Å². The van der Waals surface area contributed by atoms with E-state index in [2.05, 4.69) is 10.0 Å². The highest BCUT2D eigenvalue weighted by Gasteiger charge is 2.13. The number of carbonyl (C=O) groups excluding carboxylic acids is 1. The Hall–Kier alpha value is -2.72. The highest BCUT2D eigenvalue weighted by Crippen LogP contribution is 2.28. The van der Waals surface area contributed by atoms with Crippen LogP contribution < -0.4 is 0 Å². The van der Waals surface area contributed by atoms with Gasteiger partial charge in [-0.15, -0.1) is 0 Å². The Labute approximate surface area is 128 Å². The molecule has 114 valence electrons. The second-order valence-corrected chi connectivity index (χ2v) is 5.01. The number of carbonyl (C=O) groups is 1. The van der Waals surface area contributed by atoms with Gasteiger partial charge in [0.05, 0.1) is 6.61 Å². The van der Waals surface area contributed by atoms with E-state index in [1.807, 2.05) is 32.0 Å². The third kappa shape index (κ3) is 3.30. The number of nitrogens with zero attached hydrogens (tertiary/aromatic N) is 3. The second kappa shape index (κ2) is 6.83. The molecule has 0 saturated carbocycles. The highest BCUT2D eigenvalue weighted by atomic mass is 16.5. The van der Waals surface area contributed by atoms with Crippen molar-refractivity contribution in [3.05, 3.63) is 51.7 Å². The van der Waals surface area contributed by atoms with Gasteiger partial charge in [0.15, 0.2) is 0 Å². The van der Waals surface area contributed by atoms with Crippen LogP contribution in [0.5, 0.6) is 0 Å². The Morgan fingerprint density at radius 3 is 2.91 bits per heavy atom. The molecule has 0 spiro atoms. The largest absolute Gasteiger partial charge is 0.462 e. The summed E-state index contributed by atoms with van der Waals surface area (Å²) in [5.41, 5.74) is 9.83. The minimum atomic E-state index is -0.659. The quantitative estimate of drug-likeness (QED) is 0.262. The van der Waals surface area contributed by atoms with Crippen molar-refractivity contribution in [1.29, 1.82) is 0 Å². The number of benzene rings is 1. The number of azide groups is 1. The van der Waals surface area contributed by atoms with Gasteiger partial charge in [-0.3, -0.25) is 0 Å². The fraction of sp³-hybridized carbons (Fsp3) is 0.312. The molecular weight excluding hydrogens is 282 g/mol. The maximum absolute atomic E-state index is 11.8. The molecule has 6 heteroatoms. The molecular formula is C16H17N3O3. The molecule has 6 nitrogen and oxygen atoms in total. The van der Waals surface area contributed by atoms with E-state index < -0.39 is 5.97 Å². The number of fused-ring (bicyclic) bond motifs is 1. The third-order valence-corrected chi connectivity index (χ3v) is 3.09. The van der Waals surface area contributed by atoms with Crippen LogP contribution in [0.2, 0.25) is 0 Å². The zero-order chi connectivity index (χ0) is 16.1. The van der Waals surface area contributed by atoms with Gasteiger partial charge in [-0.2, -0.15) is 0 Å². The van der Waals surface area contributed by atoms with E-state index in [4.69, 9.17) is 14.7 Å². The Morgan fingerprint density at radius 2 is 2.27 bits per heavy atom. The SMILES string of the molecule is CCOC(=O)/C(=C/c1cccc2cc(C(C)C)oc12)N=[N+]=[N-]. The predicted octanol–water partition coefficient (Wildman–Crippen LogP) is 4.77. The zero-order valence-corrected chi connectivity index (χ0v) is 12.7. The Morgan fingerprint density at radius 1 is 1.50 bits per heavy atom. The normalized spacial score (nSPS) is 11.5. The summed E-state index contributed by atoms with van der Waals surface area (Å²) in [5, 5.41) is 4.34. The van der Waals surface area contributed by atoms with Gasteiger partial charge in [-0.05, 0) is 24.6 Å². The lowest BCUT2D eigenvalue weighted by atomic mass is 10.1. The van der Waals surface area contributed by atoms with Crippen LogP contribution in [0.25, 0.3) is 27.5 Å². The highest BCUT2D eigenvalue weighted by molar-refractivity contribution is 5.96. The van der Waals surface area contributed by atoms with Crippen molar-refractivity contribution in [1.82, 2.24) is 0 Å². The van der Waals surface area contributed by atoms with E-state index in [1.54, 1.807) is 13.0 Å². The van der Waals surface area contributed by atoms with Gasteiger partial charge >= 0.3 is 5.97 Å². The molecule has 0 unspecified atom stereocenters. The summed E-state index contributed by atoms with van der Waals surface area (Å²) in [7, 11) is 0. The average Bonchev–Trinajstić information content (AvgIpc) is 2.92. The molecule has 2 aromatic rings. The van der Waals surface area contributed by atoms with Crippen LogP contribution in [0.3, 0.4) is 0 Å². The smallest absolute Gasteiger partial charge is 0.340 e. The first-order chi connectivity index (χ1) is 10.6. The monoisotopic (exact) mass is 299 g/mol. The summed E-state index contributed by atoms with van der Waals surface area (Å²) in [6, 6.07) is 7.54. The lowest BCUT2D eigenvalue weighted by Crippen LogP contribution is -2.05. The van der Waals surface area contributed by atoms with E-state index >= 15 is 0 Å². The van der Waals surface area contributed by atoms with Crippen molar-refractivity contribution in [3.8, 4) is 0 Å². The molecule has 1 aromatic heterocycles. The van der Waals surface area contributed by atoms with Gasteiger partial charge in [-0.25, -0.2) is 4.79 Å². The molecule has 1 heterocycles. The molecule has 2 rings (SSSR count). The van der Waals surface area contributed by atoms with Gasteiger partial charge in [0.25, 0.3) is 0 Å². The molecule has 22 heavy (non-hydrogen) atoms. The first-order valence-corrected chi connectivity index (χ1v) is 7.03. The molecule has 0 fully saturated rings. The van der Waals surface area contributed by atoms with Gasteiger partial charge in [-0.1, -0.05) is 37.2 Å². The predicted molar refractivity (Wildman–Crippen MR) is 84.1 cm³/mol. The van der Waals surface area contributed by atoms with Gasteiger partial charge in [0.2, 0.25) is 0 Å². The van der Waals surface area contributed by atoms with Crippen LogP contribution in [-0.4, -0.2) is 12.6 Å². The molecule has 0 saturated heterocycles. The van der Waals surface area contributed by atoms with Crippen LogP contribution in [0.15, 0.2) is 39.5 Å². The number of ether oxygens (including phenoxy) is 1. The number of para-hydroxylation sites is 1. The van der Waals surface area contributed by atoms with Crippen LogP contribution in [-0.2, 0) is 9.53 Å². The van der Waals surface area contributed by atoms with Crippen LogP contribution in [0, 0.1) is 0 Å². The lowest BCUT2D eigenvalue weighted by molar-refractivity contribution is -0.138. The van der Waals surface area contributed by atoms with Crippen LogP contribution in [0.1, 0.15) is 38.0 Å². The molecule has 0 aliphatic carbocycles. The molecule has 0 amide bonds. The molecule has 0 radical (unpaired) electrons. The summed E-state index contributed by atoms with van der Waals surface area (Å²) in [5.74, 6) is 0.455. The lowest BCUT2D eigenvalue weighted by Gasteiger charge is -2.02. The molecule has 0 aliphatic rings. The number of rotatable bonds is 5. The maximum Gasteiger partial charge on any atom is 0.340 e. The summed E-state index contributed by atoms with van der Waals surface area (Å²) < 4.78 is 10.7. The second-order valence-electron chi connectivity index (χ2n) is 5.01. The van der Waals surface area contributed by atoms with E-state index in [0.29, 0.717) is 11.1 Å². The van der Waals surface area contributed by atoms with E-state index in [0.717, 1.165) is 11.1 Å². The average molecular weight is 299 g/mol. The van der Waals surface area contributed by atoms with Gasteiger partial charge in [0.1, 0.15) is 17.0 Å². The van der Waals surface area contributed by atoms with Crippen molar-refractivity contribution in [3.63, 3.8) is 0 Å². The minimum absolute atomic E-state index is 0.0978. The topological polar surface area (TPSA) is 88.2 Å². The molecule has 1 aromatic carbocycles. The standard InChI is InChI=1S/C16H17N3O3/c1-4-21-16(20)13(18-19-17)8-11-6-5-7-12-9-14(10(2)3)22-15(11)12/h5-10H,4H2,1-3H3/b13-8-. The maximum atomic E-state index is 11.8. The summed E-state index contributed by atoms with van der Waals surface area (Å²) in [6.07, 6.45) is 1.48. The Bertz CT molecular complexity index is 768. The van der Waals surface area contributed by atoms with Crippen molar-refractivity contribution < 1.29 is 13.9 Å². The number of furan rings is 1. The number of hydrogen-bond donors (Lipinski definition) is 0. The van der Waals surface area contributed by atoms with E-state index in [-0.39, 0.29) is 18.2 Å².